The Hall–Kier alpha value is -2.73. The molecule has 0 unspecified atom stereocenters. The Labute approximate surface area is 172 Å². The zero-order chi connectivity index (χ0) is 20.5. The van der Waals surface area contributed by atoms with E-state index in [9.17, 15) is 9.59 Å². The molecule has 1 heterocycles. The van der Waals surface area contributed by atoms with Crippen molar-refractivity contribution in [1.29, 1.82) is 0 Å². The summed E-state index contributed by atoms with van der Waals surface area (Å²) in [7, 11) is 0. The first-order chi connectivity index (χ1) is 14.2. The first-order valence-electron chi connectivity index (χ1n) is 10.5. The van der Waals surface area contributed by atoms with Crippen LogP contribution >= 0.6 is 0 Å². The van der Waals surface area contributed by atoms with Crippen molar-refractivity contribution in [2.24, 2.45) is 11.7 Å². The molecule has 2 aromatic rings. The fourth-order valence-corrected chi connectivity index (χ4v) is 3.77. The highest BCUT2D eigenvalue weighted by Gasteiger charge is 2.25. The van der Waals surface area contributed by atoms with Gasteiger partial charge in [-0.1, -0.05) is 31.4 Å². The largest absolute Gasteiger partial charge is 0.338 e. The summed E-state index contributed by atoms with van der Waals surface area (Å²) in [5.74, 6) is 0.217. The van der Waals surface area contributed by atoms with Crippen molar-refractivity contribution in [3.63, 3.8) is 0 Å². The number of benzene rings is 1. The van der Waals surface area contributed by atoms with Gasteiger partial charge in [-0.3, -0.25) is 14.6 Å². The van der Waals surface area contributed by atoms with Crippen LogP contribution in [0.4, 0.5) is 5.69 Å². The van der Waals surface area contributed by atoms with Gasteiger partial charge >= 0.3 is 0 Å². The summed E-state index contributed by atoms with van der Waals surface area (Å²) in [5, 5.41) is 2.87. The number of nitrogens with one attached hydrogen (secondary N) is 1. The lowest BCUT2D eigenvalue weighted by molar-refractivity contribution is -0.137. The molecule has 0 atom stereocenters. The fraction of sp³-hybridized carbons (Fsp3) is 0.435. The summed E-state index contributed by atoms with van der Waals surface area (Å²) in [6.07, 6.45) is 9.50. The Morgan fingerprint density at radius 1 is 1.10 bits per heavy atom. The van der Waals surface area contributed by atoms with Crippen molar-refractivity contribution in [2.45, 2.75) is 45.1 Å². The van der Waals surface area contributed by atoms with Crippen LogP contribution in [0.2, 0.25) is 0 Å². The molecule has 6 heteroatoms. The number of hydrogen-bond acceptors (Lipinski definition) is 4. The van der Waals surface area contributed by atoms with E-state index in [4.69, 9.17) is 5.73 Å². The minimum atomic E-state index is -0.192. The molecular formula is C23H30N4O2. The Bertz CT molecular complexity index is 786. The molecule has 0 radical (unpaired) electrons. The highest BCUT2D eigenvalue weighted by Crippen LogP contribution is 2.26. The molecule has 3 N–H and O–H groups in total. The van der Waals surface area contributed by atoms with Gasteiger partial charge in [0.25, 0.3) is 5.91 Å². The predicted octanol–water partition coefficient (Wildman–Crippen LogP) is 3.59. The molecule has 0 spiro atoms. The molecule has 29 heavy (non-hydrogen) atoms. The van der Waals surface area contributed by atoms with Gasteiger partial charge in [-0.2, -0.15) is 0 Å². The van der Waals surface area contributed by atoms with Crippen LogP contribution in [0.15, 0.2) is 48.8 Å². The number of nitrogens with zero attached hydrogens (tertiary/aromatic N) is 2. The monoisotopic (exact) mass is 394 g/mol. The number of nitrogens with two attached hydrogens (primary N) is 1. The van der Waals surface area contributed by atoms with Crippen LogP contribution in [0.1, 0.15) is 54.4 Å². The molecule has 3 rings (SSSR count). The highest BCUT2D eigenvalue weighted by atomic mass is 16.2. The number of pyridine rings is 1. The SMILES string of the molecule is NCCCN(Cc1ccc(NC(=O)c2cccnc2)cc1)C(=O)C1CCCCC1. The van der Waals surface area contributed by atoms with Gasteiger partial charge in [-0.25, -0.2) is 0 Å². The maximum absolute atomic E-state index is 13.0. The van der Waals surface area contributed by atoms with Gasteiger partial charge < -0.3 is 16.0 Å². The van der Waals surface area contributed by atoms with Crippen LogP contribution in [0, 0.1) is 5.92 Å². The number of aromatic nitrogens is 1. The molecule has 1 aromatic carbocycles. The number of rotatable bonds is 8. The van der Waals surface area contributed by atoms with E-state index in [1.54, 1.807) is 18.3 Å². The topological polar surface area (TPSA) is 88.3 Å². The van der Waals surface area contributed by atoms with Crippen LogP contribution in [-0.2, 0) is 11.3 Å². The van der Waals surface area contributed by atoms with Gasteiger partial charge in [0.15, 0.2) is 0 Å². The molecule has 1 aliphatic rings. The molecule has 2 amide bonds. The predicted molar refractivity (Wildman–Crippen MR) is 114 cm³/mol. The second kappa shape index (κ2) is 10.7. The second-order valence-corrected chi connectivity index (χ2v) is 7.63. The molecule has 0 aliphatic heterocycles. The van der Waals surface area contributed by atoms with Gasteiger partial charge in [-0.05, 0) is 55.6 Å². The van der Waals surface area contributed by atoms with Gasteiger partial charge in [0.05, 0.1) is 5.56 Å². The first kappa shape index (κ1) is 21.0. The third-order valence-electron chi connectivity index (χ3n) is 5.41. The smallest absolute Gasteiger partial charge is 0.257 e. The lowest BCUT2D eigenvalue weighted by atomic mass is 9.88. The van der Waals surface area contributed by atoms with Gasteiger partial charge in [0.1, 0.15) is 0 Å². The fourth-order valence-electron chi connectivity index (χ4n) is 3.77. The summed E-state index contributed by atoms with van der Waals surface area (Å²) < 4.78 is 0. The molecule has 6 nitrogen and oxygen atoms in total. The third kappa shape index (κ3) is 6.12. The summed E-state index contributed by atoms with van der Waals surface area (Å²) in [6, 6.07) is 11.1. The van der Waals surface area contributed by atoms with Crippen LogP contribution in [0.3, 0.4) is 0 Å². The van der Waals surface area contributed by atoms with E-state index in [1.807, 2.05) is 29.2 Å². The quantitative estimate of drug-likeness (QED) is 0.716. The minimum Gasteiger partial charge on any atom is -0.338 e. The Kier molecular flexibility index (Phi) is 7.76. The van der Waals surface area contributed by atoms with E-state index in [-0.39, 0.29) is 17.7 Å². The molecule has 1 saturated carbocycles. The third-order valence-corrected chi connectivity index (χ3v) is 5.41. The molecule has 1 fully saturated rings. The average molecular weight is 395 g/mol. The van der Waals surface area contributed by atoms with Crippen molar-refractivity contribution >= 4 is 17.5 Å². The molecule has 1 aliphatic carbocycles. The lowest BCUT2D eigenvalue weighted by Crippen LogP contribution is -2.37. The molecule has 0 saturated heterocycles. The summed E-state index contributed by atoms with van der Waals surface area (Å²) in [4.78, 5) is 31.2. The Morgan fingerprint density at radius 2 is 1.86 bits per heavy atom. The number of hydrogen-bond donors (Lipinski definition) is 2. The van der Waals surface area contributed by atoms with Crippen molar-refractivity contribution in [1.82, 2.24) is 9.88 Å². The number of carbonyl (C=O) groups excluding carboxylic acids is 2. The van der Waals surface area contributed by atoms with E-state index in [0.717, 1.165) is 43.4 Å². The summed E-state index contributed by atoms with van der Waals surface area (Å²) >= 11 is 0. The molecule has 1 aromatic heterocycles. The van der Waals surface area contributed by atoms with Gasteiger partial charge in [0.2, 0.25) is 5.91 Å². The zero-order valence-corrected chi connectivity index (χ0v) is 16.8. The minimum absolute atomic E-state index is 0.152. The van der Waals surface area contributed by atoms with Gasteiger partial charge in [-0.15, -0.1) is 0 Å². The molecule has 0 bridgehead atoms. The Balaban J connectivity index is 1.62. The second-order valence-electron chi connectivity index (χ2n) is 7.63. The van der Waals surface area contributed by atoms with Crippen LogP contribution < -0.4 is 11.1 Å². The molecule has 154 valence electrons. The van der Waals surface area contributed by atoms with Crippen molar-refractivity contribution in [2.75, 3.05) is 18.4 Å². The van der Waals surface area contributed by atoms with E-state index in [2.05, 4.69) is 10.3 Å². The highest BCUT2D eigenvalue weighted by molar-refractivity contribution is 6.04. The van der Waals surface area contributed by atoms with E-state index >= 15 is 0 Å². The summed E-state index contributed by atoms with van der Waals surface area (Å²) in [6.45, 7) is 1.84. The molecular weight excluding hydrogens is 364 g/mol. The number of carbonyl (C=O) groups is 2. The standard InChI is InChI=1S/C23H30N4O2/c24-13-5-15-27(23(29)19-6-2-1-3-7-19)17-18-9-11-21(12-10-18)26-22(28)20-8-4-14-25-16-20/h4,8-12,14,16,19H,1-3,5-7,13,15,17,24H2,(H,26,28). The van der Waals surface area contributed by atoms with Crippen molar-refractivity contribution in [3.8, 4) is 0 Å². The van der Waals surface area contributed by atoms with E-state index in [1.165, 1.54) is 12.6 Å². The van der Waals surface area contributed by atoms with Crippen LogP contribution in [0.25, 0.3) is 0 Å². The average Bonchev–Trinajstić information content (AvgIpc) is 2.78. The number of amides is 2. The van der Waals surface area contributed by atoms with Gasteiger partial charge in [0, 0.05) is 37.1 Å². The van der Waals surface area contributed by atoms with Crippen LogP contribution in [0.5, 0.6) is 0 Å². The Morgan fingerprint density at radius 3 is 2.52 bits per heavy atom. The maximum atomic E-state index is 13.0. The summed E-state index contributed by atoms with van der Waals surface area (Å²) in [5.41, 5.74) is 7.96. The maximum Gasteiger partial charge on any atom is 0.257 e. The number of anilines is 1. The first-order valence-corrected chi connectivity index (χ1v) is 10.5. The van der Waals surface area contributed by atoms with E-state index in [0.29, 0.717) is 25.2 Å². The van der Waals surface area contributed by atoms with Crippen molar-refractivity contribution in [3.05, 3.63) is 59.9 Å². The normalized spacial score (nSPS) is 14.4. The van der Waals surface area contributed by atoms with Crippen molar-refractivity contribution < 1.29 is 9.59 Å². The van der Waals surface area contributed by atoms with E-state index < -0.39 is 0 Å². The van der Waals surface area contributed by atoms with Crippen LogP contribution in [-0.4, -0.2) is 34.8 Å². The lowest BCUT2D eigenvalue weighted by Gasteiger charge is -2.29. The zero-order valence-electron chi connectivity index (χ0n) is 16.8.